The summed E-state index contributed by atoms with van der Waals surface area (Å²) in [5, 5.41) is 9.33. The lowest BCUT2D eigenvalue weighted by Gasteiger charge is -1.94. The minimum Gasteiger partial charge on any atom is -0.492 e. The average molecular weight is 188 g/mol. The molecule has 0 saturated heterocycles. The number of methoxy groups -OCH3 is 1. The second-order valence-electron chi connectivity index (χ2n) is 2.05. The second kappa shape index (κ2) is 3.40. The number of nitrogen functional groups attached to an aromatic ring is 1. The maximum absolute atomic E-state index is 10.7. The van der Waals surface area contributed by atoms with Crippen LogP contribution in [-0.2, 0) is 16.0 Å². The number of thiazole rings is 1. The van der Waals surface area contributed by atoms with Crippen LogP contribution in [-0.4, -0.2) is 23.2 Å². The number of hydrogen-bond acceptors (Lipinski definition) is 6. The van der Waals surface area contributed by atoms with Gasteiger partial charge in [-0.3, -0.25) is 4.79 Å². The third-order valence-electron chi connectivity index (χ3n) is 1.23. The molecule has 0 bridgehead atoms. The Bertz CT molecular complexity index is 297. The highest BCUT2D eigenvalue weighted by Crippen LogP contribution is 2.25. The smallest absolute Gasteiger partial charge is 0.311 e. The van der Waals surface area contributed by atoms with Gasteiger partial charge in [-0.05, 0) is 0 Å². The zero-order valence-electron chi connectivity index (χ0n) is 6.40. The van der Waals surface area contributed by atoms with E-state index in [0.29, 0.717) is 4.88 Å². The summed E-state index contributed by atoms with van der Waals surface area (Å²) in [4.78, 5) is 14.7. The summed E-state index contributed by atoms with van der Waals surface area (Å²) in [7, 11) is 1.28. The van der Waals surface area contributed by atoms with Gasteiger partial charge in [0.05, 0.1) is 18.4 Å². The summed E-state index contributed by atoms with van der Waals surface area (Å²) in [6, 6.07) is 0. The minimum absolute atomic E-state index is 0.0111. The molecule has 1 aromatic rings. The molecule has 66 valence electrons. The molecule has 0 radical (unpaired) electrons. The molecule has 1 aromatic heterocycles. The summed E-state index contributed by atoms with van der Waals surface area (Å²) in [6.45, 7) is 0. The Morgan fingerprint density at radius 2 is 2.50 bits per heavy atom. The fraction of sp³-hybridized carbons (Fsp3) is 0.333. The van der Waals surface area contributed by atoms with Gasteiger partial charge in [-0.25, -0.2) is 0 Å². The summed E-state index contributed by atoms with van der Waals surface area (Å²) < 4.78 is 4.41. The molecule has 1 rings (SSSR count). The highest BCUT2D eigenvalue weighted by Gasteiger charge is 2.12. The van der Waals surface area contributed by atoms with Crippen LogP contribution in [0, 0.1) is 0 Å². The molecule has 1 heterocycles. The Hall–Kier alpha value is -1.30. The van der Waals surface area contributed by atoms with Gasteiger partial charge in [0.25, 0.3) is 0 Å². The zero-order valence-corrected chi connectivity index (χ0v) is 7.22. The SMILES string of the molecule is COC(=O)Cc1sc(N)nc1O. The van der Waals surface area contributed by atoms with Crippen molar-refractivity contribution in [3.63, 3.8) is 0 Å². The van der Waals surface area contributed by atoms with E-state index < -0.39 is 5.97 Å². The number of hydrogen-bond donors (Lipinski definition) is 2. The van der Waals surface area contributed by atoms with Gasteiger partial charge < -0.3 is 15.6 Å². The molecule has 0 aliphatic carbocycles. The van der Waals surface area contributed by atoms with Crippen LogP contribution in [0.4, 0.5) is 5.13 Å². The van der Waals surface area contributed by atoms with E-state index in [1.807, 2.05) is 0 Å². The van der Waals surface area contributed by atoms with E-state index in [0.717, 1.165) is 11.3 Å². The van der Waals surface area contributed by atoms with E-state index in [1.165, 1.54) is 7.11 Å². The van der Waals surface area contributed by atoms with Gasteiger partial charge in [0.15, 0.2) is 5.13 Å². The Morgan fingerprint density at radius 1 is 1.83 bits per heavy atom. The first kappa shape index (κ1) is 8.79. The van der Waals surface area contributed by atoms with Crippen molar-refractivity contribution in [3.05, 3.63) is 4.88 Å². The first-order chi connectivity index (χ1) is 5.63. The van der Waals surface area contributed by atoms with Crippen LogP contribution >= 0.6 is 11.3 Å². The zero-order chi connectivity index (χ0) is 9.14. The summed E-state index contributed by atoms with van der Waals surface area (Å²) in [5.74, 6) is -0.614. The summed E-state index contributed by atoms with van der Waals surface area (Å²) >= 11 is 1.07. The highest BCUT2D eigenvalue weighted by molar-refractivity contribution is 7.15. The van der Waals surface area contributed by atoms with Crippen LogP contribution in [0.3, 0.4) is 0 Å². The summed E-state index contributed by atoms with van der Waals surface area (Å²) in [5.41, 5.74) is 5.29. The molecule has 0 aliphatic rings. The number of aromatic nitrogens is 1. The normalized spacial score (nSPS) is 9.75. The molecule has 3 N–H and O–H groups in total. The first-order valence-corrected chi connectivity index (χ1v) is 3.96. The van der Waals surface area contributed by atoms with Crippen LogP contribution < -0.4 is 5.73 Å². The number of carbonyl (C=O) groups is 1. The molecule has 0 aliphatic heterocycles. The molecule has 5 nitrogen and oxygen atoms in total. The lowest BCUT2D eigenvalue weighted by atomic mass is 10.4. The molecule has 0 unspecified atom stereocenters. The topological polar surface area (TPSA) is 85.4 Å². The molecule has 0 saturated carbocycles. The average Bonchev–Trinajstić information content (AvgIpc) is 2.30. The number of ether oxygens (including phenoxy) is 1. The van der Waals surface area contributed by atoms with Gasteiger partial charge >= 0.3 is 5.97 Å². The molecule has 0 fully saturated rings. The van der Waals surface area contributed by atoms with Crippen molar-refractivity contribution in [2.75, 3.05) is 12.8 Å². The van der Waals surface area contributed by atoms with Gasteiger partial charge in [-0.15, -0.1) is 0 Å². The van der Waals surface area contributed by atoms with Crippen LogP contribution in [0.25, 0.3) is 0 Å². The monoisotopic (exact) mass is 188 g/mol. The minimum atomic E-state index is -0.422. The van der Waals surface area contributed by atoms with Crippen molar-refractivity contribution in [1.82, 2.24) is 4.98 Å². The maximum atomic E-state index is 10.7. The molecule has 0 spiro atoms. The number of nitrogens with zero attached hydrogens (tertiary/aromatic N) is 1. The predicted octanol–water partition coefficient (Wildman–Crippen LogP) is 0.146. The van der Waals surface area contributed by atoms with Crippen LogP contribution in [0.2, 0.25) is 0 Å². The lowest BCUT2D eigenvalue weighted by molar-refractivity contribution is -0.139. The van der Waals surface area contributed by atoms with Crippen LogP contribution in [0.15, 0.2) is 0 Å². The Morgan fingerprint density at radius 3 is 2.92 bits per heavy atom. The second-order valence-corrected chi connectivity index (χ2v) is 3.17. The van der Waals surface area contributed by atoms with Gasteiger partial charge in [0, 0.05) is 0 Å². The fourth-order valence-corrected chi connectivity index (χ4v) is 1.39. The van der Waals surface area contributed by atoms with Crippen molar-refractivity contribution in [1.29, 1.82) is 0 Å². The maximum Gasteiger partial charge on any atom is 0.311 e. The number of aromatic hydroxyl groups is 1. The molecule has 0 amide bonds. The number of anilines is 1. The van der Waals surface area contributed by atoms with Crippen LogP contribution in [0.5, 0.6) is 5.88 Å². The van der Waals surface area contributed by atoms with Gasteiger partial charge in [-0.2, -0.15) is 4.98 Å². The van der Waals surface area contributed by atoms with Crippen molar-refractivity contribution in [2.45, 2.75) is 6.42 Å². The van der Waals surface area contributed by atoms with Crippen molar-refractivity contribution in [2.24, 2.45) is 0 Å². The first-order valence-electron chi connectivity index (χ1n) is 3.14. The lowest BCUT2D eigenvalue weighted by Crippen LogP contribution is -2.02. The van der Waals surface area contributed by atoms with Gasteiger partial charge in [0.2, 0.25) is 5.88 Å². The largest absolute Gasteiger partial charge is 0.492 e. The van der Waals surface area contributed by atoms with Crippen LogP contribution in [0.1, 0.15) is 4.88 Å². The van der Waals surface area contributed by atoms with Crippen molar-refractivity contribution in [3.8, 4) is 5.88 Å². The van der Waals surface area contributed by atoms with Gasteiger partial charge in [-0.1, -0.05) is 11.3 Å². The predicted molar refractivity (Wildman–Crippen MR) is 43.9 cm³/mol. The van der Waals surface area contributed by atoms with E-state index in [1.54, 1.807) is 0 Å². The van der Waals surface area contributed by atoms with Crippen molar-refractivity contribution >= 4 is 22.4 Å². The van der Waals surface area contributed by atoms with Crippen molar-refractivity contribution < 1.29 is 14.6 Å². The third-order valence-corrected chi connectivity index (χ3v) is 2.10. The number of nitrogens with two attached hydrogens (primary N) is 1. The summed E-state index contributed by atoms with van der Waals surface area (Å²) in [6.07, 6.45) is 0.0111. The molecular formula is C6H8N2O3S. The number of rotatable bonds is 2. The third kappa shape index (κ3) is 1.85. The Labute approximate surface area is 72.8 Å². The fourth-order valence-electron chi connectivity index (χ4n) is 0.680. The molecule has 12 heavy (non-hydrogen) atoms. The Balaban J connectivity index is 2.75. The van der Waals surface area contributed by atoms with E-state index in [-0.39, 0.29) is 17.4 Å². The van der Waals surface area contributed by atoms with E-state index in [2.05, 4.69) is 9.72 Å². The molecule has 0 aromatic carbocycles. The standard InChI is InChI=1S/C6H8N2O3S/c1-11-4(9)2-3-5(10)8-6(7)12-3/h10H,2H2,1H3,(H2,7,8). The molecular weight excluding hydrogens is 180 g/mol. The number of carbonyl (C=O) groups excluding carboxylic acids is 1. The van der Waals surface area contributed by atoms with Gasteiger partial charge in [0.1, 0.15) is 0 Å². The van der Waals surface area contributed by atoms with E-state index in [9.17, 15) is 4.79 Å². The van der Waals surface area contributed by atoms with E-state index >= 15 is 0 Å². The molecule has 6 heteroatoms. The Kier molecular flexibility index (Phi) is 2.49. The quantitative estimate of drug-likeness (QED) is 0.645. The molecule has 0 atom stereocenters. The van der Waals surface area contributed by atoms with E-state index in [4.69, 9.17) is 10.8 Å². The number of esters is 1. The highest BCUT2D eigenvalue weighted by atomic mass is 32.1.